The molecular weight excluding hydrogens is 272 g/mol. The standard InChI is InChI=1S/C15H20N2O2S/c1-16-7-9-17(10-8-16)15(14(18)19)6-11-20-13-5-3-2-4-12(13)15/h2-5H,6-11H2,1H3,(H,18,19). The zero-order chi connectivity index (χ0) is 14.2. The Balaban J connectivity index is 2.03. The lowest BCUT2D eigenvalue weighted by Gasteiger charge is -2.47. The molecule has 1 fully saturated rings. The van der Waals surface area contributed by atoms with Crippen molar-refractivity contribution in [3.8, 4) is 0 Å². The summed E-state index contributed by atoms with van der Waals surface area (Å²) < 4.78 is 0. The fourth-order valence-corrected chi connectivity index (χ4v) is 4.44. The van der Waals surface area contributed by atoms with Crippen LogP contribution in [0.25, 0.3) is 0 Å². The summed E-state index contributed by atoms with van der Waals surface area (Å²) >= 11 is 1.77. The third-order valence-corrected chi connectivity index (χ3v) is 5.53. The van der Waals surface area contributed by atoms with Crippen molar-refractivity contribution in [2.45, 2.75) is 16.9 Å². The van der Waals surface area contributed by atoms with E-state index in [2.05, 4.69) is 16.8 Å². The second kappa shape index (κ2) is 5.39. The first-order valence-electron chi connectivity index (χ1n) is 7.04. The van der Waals surface area contributed by atoms with E-state index in [-0.39, 0.29) is 0 Å². The van der Waals surface area contributed by atoms with Gasteiger partial charge in [0.15, 0.2) is 0 Å². The SMILES string of the molecule is CN1CCN(C2(C(=O)O)CCSc3ccccc32)CC1. The van der Waals surface area contributed by atoms with E-state index < -0.39 is 11.5 Å². The number of benzene rings is 1. The van der Waals surface area contributed by atoms with Gasteiger partial charge in [-0.1, -0.05) is 18.2 Å². The number of thioether (sulfide) groups is 1. The summed E-state index contributed by atoms with van der Waals surface area (Å²) in [5.41, 5.74) is 0.150. The average Bonchev–Trinajstić information content (AvgIpc) is 2.47. The molecule has 5 heteroatoms. The van der Waals surface area contributed by atoms with Crippen LogP contribution in [-0.2, 0) is 10.3 Å². The Hall–Kier alpha value is -1.04. The molecule has 2 heterocycles. The molecule has 3 rings (SSSR count). The number of aliphatic carboxylic acids is 1. The molecule has 0 aromatic heterocycles. The van der Waals surface area contributed by atoms with E-state index in [4.69, 9.17) is 0 Å². The Kier molecular flexibility index (Phi) is 3.75. The summed E-state index contributed by atoms with van der Waals surface area (Å²) in [6.45, 7) is 3.51. The molecule has 0 amide bonds. The van der Waals surface area contributed by atoms with Crippen LogP contribution in [-0.4, -0.2) is 59.9 Å². The van der Waals surface area contributed by atoms with Gasteiger partial charge < -0.3 is 10.0 Å². The highest BCUT2D eigenvalue weighted by molar-refractivity contribution is 7.99. The smallest absolute Gasteiger partial charge is 0.328 e. The monoisotopic (exact) mass is 292 g/mol. The molecule has 1 unspecified atom stereocenters. The number of likely N-dealkylation sites (N-methyl/N-ethyl adjacent to an activating group) is 1. The molecule has 108 valence electrons. The van der Waals surface area contributed by atoms with Gasteiger partial charge in [0.1, 0.15) is 5.54 Å². The average molecular weight is 292 g/mol. The zero-order valence-electron chi connectivity index (χ0n) is 11.7. The number of piperazine rings is 1. The number of hydrogen-bond acceptors (Lipinski definition) is 4. The Bertz CT molecular complexity index is 514. The van der Waals surface area contributed by atoms with Crippen LogP contribution in [0, 0.1) is 0 Å². The van der Waals surface area contributed by atoms with Crippen molar-refractivity contribution >= 4 is 17.7 Å². The van der Waals surface area contributed by atoms with E-state index in [1.165, 1.54) is 0 Å². The van der Waals surface area contributed by atoms with Crippen LogP contribution >= 0.6 is 11.8 Å². The van der Waals surface area contributed by atoms with Crippen LogP contribution in [0.3, 0.4) is 0 Å². The molecule has 0 aliphatic carbocycles. The number of rotatable bonds is 2. The Morgan fingerprint density at radius 2 is 1.95 bits per heavy atom. The van der Waals surface area contributed by atoms with Crippen LogP contribution in [0.15, 0.2) is 29.2 Å². The highest BCUT2D eigenvalue weighted by Crippen LogP contribution is 2.44. The lowest BCUT2D eigenvalue weighted by atomic mass is 9.84. The molecule has 1 atom stereocenters. The Labute approximate surface area is 123 Å². The maximum Gasteiger partial charge on any atom is 0.328 e. The van der Waals surface area contributed by atoms with Gasteiger partial charge in [0.05, 0.1) is 0 Å². The summed E-state index contributed by atoms with van der Waals surface area (Å²) in [6, 6.07) is 7.99. The molecule has 0 radical (unpaired) electrons. The van der Waals surface area contributed by atoms with Crippen molar-refractivity contribution < 1.29 is 9.90 Å². The van der Waals surface area contributed by atoms with E-state index in [1.54, 1.807) is 11.8 Å². The summed E-state index contributed by atoms with van der Waals surface area (Å²) in [6.07, 6.45) is 0.688. The Morgan fingerprint density at radius 3 is 2.65 bits per heavy atom. The molecule has 1 aromatic rings. The van der Waals surface area contributed by atoms with Gasteiger partial charge in [-0.25, -0.2) is 4.79 Å². The first-order valence-corrected chi connectivity index (χ1v) is 8.02. The quantitative estimate of drug-likeness (QED) is 0.899. The normalized spacial score (nSPS) is 28.1. The van der Waals surface area contributed by atoms with Crippen molar-refractivity contribution in [3.63, 3.8) is 0 Å². The van der Waals surface area contributed by atoms with E-state index in [0.717, 1.165) is 42.4 Å². The predicted octanol–water partition coefficient (Wildman–Crippen LogP) is 1.71. The summed E-state index contributed by atoms with van der Waals surface area (Å²) in [5.74, 6) is 0.171. The zero-order valence-corrected chi connectivity index (χ0v) is 12.5. The van der Waals surface area contributed by atoms with Crippen molar-refractivity contribution in [1.29, 1.82) is 0 Å². The molecule has 2 aliphatic heterocycles. The fraction of sp³-hybridized carbons (Fsp3) is 0.533. The van der Waals surface area contributed by atoms with Crippen LogP contribution < -0.4 is 0 Å². The Morgan fingerprint density at radius 1 is 1.25 bits per heavy atom. The first-order chi connectivity index (χ1) is 9.64. The maximum absolute atomic E-state index is 12.2. The molecule has 1 N–H and O–H groups in total. The summed E-state index contributed by atoms with van der Waals surface area (Å²) in [7, 11) is 2.09. The number of carboxylic acids is 1. The summed E-state index contributed by atoms with van der Waals surface area (Å²) in [4.78, 5) is 17.7. The number of hydrogen-bond donors (Lipinski definition) is 1. The minimum atomic E-state index is -0.830. The maximum atomic E-state index is 12.2. The molecule has 4 nitrogen and oxygen atoms in total. The third kappa shape index (κ3) is 2.14. The topological polar surface area (TPSA) is 43.8 Å². The molecule has 0 saturated carbocycles. The van der Waals surface area contributed by atoms with Crippen LogP contribution in [0.4, 0.5) is 0 Å². The highest BCUT2D eigenvalue weighted by atomic mass is 32.2. The largest absolute Gasteiger partial charge is 0.480 e. The molecule has 1 aromatic carbocycles. The predicted molar refractivity (Wildman–Crippen MR) is 80.2 cm³/mol. The minimum absolute atomic E-state index is 0.688. The van der Waals surface area contributed by atoms with Crippen LogP contribution in [0.2, 0.25) is 0 Å². The molecular formula is C15H20N2O2S. The molecule has 1 saturated heterocycles. The molecule has 0 bridgehead atoms. The van der Waals surface area contributed by atoms with Crippen molar-refractivity contribution in [3.05, 3.63) is 29.8 Å². The van der Waals surface area contributed by atoms with Crippen molar-refractivity contribution in [2.75, 3.05) is 39.0 Å². The minimum Gasteiger partial charge on any atom is -0.480 e. The number of nitrogens with zero attached hydrogens (tertiary/aromatic N) is 2. The van der Waals surface area contributed by atoms with E-state index in [9.17, 15) is 9.90 Å². The van der Waals surface area contributed by atoms with Gasteiger partial charge in [-0.3, -0.25) is 4.90 Å². The highest BCUT2D eigenvalue weighted by Gasteiger charge is 2.49. The van der Waals surface area contributed by atoms with Crippen LogP contribution in [0.1, 0.15) is 12.0 Å². The number of fused-ring (bicyclic) bond motifs is 1. The van der Waals surface area contributed by atoms with Gasteiger partial charge in [-0.15, -0.1) is 11.8 Å². The van der Waals surface area contributed by atoms with E-state index in [0.29, 0.717) is 6.42 Å². The second-order valence-corrected chi connectivity index (χ2v) is 6.69. The van der Waals surface area contributed by atoms with Crippen molar-refractivity contribution in [1.82, 2.24) is 9.80 Å². The lowest BCUT2D eigenvalue weighted by Crippen LogP contribution is -2.59. The number of carbonyl (C=O) groups is 1. The van der Waals surface area contributed by atoms with E-state index in [1.807, 2.05) is 24.3 Å². The summed E-state index contributed by atoms with van der Waals surface area (Å²) in [5, 5.41) is 9.99. The molecule has 0 spiro atoms. The number of carboxylic acid groups (broad SMARTS) is 1. The lowest BCUT2D eigenvalue weighted by molar-refractivity contribution is -0.154. The third-order valence-electron chi connectivity index (χ3n) is 4.45. The van der Waals surface area contributed by atoms with E-state index >= 15 is 0 Å². The van der Waals surface area contributed by atoms with Crippen LogP contribution in [0.5, 0.6) is 0 Å². The van der Waals surface area contributed by atoms with Gasteiger partial charge in [0.2, 0.25) is 0 Å². The fourth-order valence-electron chi connectivity index (χ4n) is 3.25. The van der Waals surface area contributed by atoms with Gasteiger partial charge in [-0.2, -0.15) is 0 Å². The van der Waals surface area contributed by atoms with Gasteiger partial charge >= 0.3 is 5.97 Å². The molecule has 20 heavy (non-hydrogen) atoms. The second-order valence-electron chi connectivity index (χ2n) is 5.55. The van der Waals surface area contributed by atoms with Gasteiger partial charge in [0.25, 0.3) is 0 Å². The van der Waals surface area contributed by atoms with Gasteiger partial charge in [-0.05, 0) is 25.1 Å². The first kappa shape index (κ1) is 13.9. The van der Waals surface area contributed by atoms with Gasteiger partial charge in [0, 0.05) is 36.8 Å². The molecule has 2 aliphatic rings. The van der Waals surface area contributed by atoms with Crippen molar-refractivity contribution in [2.24, 2.45) is 0 Å².